The Hall–Kier alpha value is -5.00. The molecule has 0 radical (unpaired) electrons. The lowest BCUT2D eigenvalue weighted by molar-refractivity contribution is -0.385. The first-order chi connectivity index (χ1) is 17.2. The number of anilines is 1. The molecule has 0 spiro atoms. The van der Waals surface area contributed by atoms with Crippen LogP contribution in [0.2, 0.25) is 0 Å². The number of esters is 1. The van der Waals surface area contributed by atoms with Gasteiger partial charge in [0.05, 0.1) is 10.6 Å². The van der Waals surface area contributed by atoms with E-state index < -0.39 is 58.4 Å². The highest BCUT2D eigenvalue weighted by Crippen LogP contribution is 2.35. The Morgan fingerprint density at radius 1 is 0.917 bits per heavy atom. The molecule has 0 bridgehead atoms. The summed E-state index contributed by atoms with van der Waals surface area (Å²) in [5.74, 6) is -4.02. The molecule has 4 rings (SSSR count). The number of nitrogens with one attached hydrogen (secondary N) is 1. The van der Waals surface area contributed by atoms with Crippen molar-refractivity contribution < 1.29 is 42.4 Å². The van der Waals surface area contributed by atoms with Crippen LogP contribution in [0, 0.1) is 10.1 Å². The van der Waals surface area contributed by atoms with Gasteiger partial charge >= 0.3 is 12.6 Å². The lowest BCUT2D eigenvalue weighted by Gasteiger charge is -2.18. The van der Waals surface area contributed by atoms with Crippen LogP contribution in [0.5, 0.6) is 5.75 Å². The van der Waals surface area contributed by atoms with Gasteiger partial charge in [0.15, 0.2) is 12.4 Å². The van der Waals surface area contributed by atoms with E-state index in [0.717, 1.165) is 12.1 Å². The molecule has 1 aliphatic carbocycles. The topological polar surface area (TPSA) is 142 Å². The minimum Gasteiger partial charge on any atom is -0.452 e. The van der Waals surface area contributed by atoms with Crippen molar-refractivity contribution in [1.82, 2.24) is 0 Å². The maximum Gasteiger partial charge on any atom is 0.387 e. The lowest BCUT2D eigenvalue weighted by atomic mass is 9.82. The van der Waals surface area contributed by atoms with Crippen LogP contribution >= 0.6 is 0 Å². The third kappa shape index (κ3) is 4.51. The molecule has 36 heavy (non-hydrogen) atoms. The van der Waals surface area contributed by atoms with E-state index in [9.17, 15) is 38.1 Å². The molecule has 1 amide bonds. The van der Waals surface area contributed by atoms with Crippen molar-refractivity contribution in [2.75, 3.05) is 11.9 Å². The number of benzene rings is 3. The van der Waals surface area contributed by atoms with E-state index >= 15 is 0 Å². The molecule has 3 aromatic carbocycles. The molecular weight excluding hydrogens is 482 g/mol. The van der Waals surface area contributed by atoms with Gasteiger partial charge in [-0.05, 0) is 24.3 Å². The first-order valence-corrected chi connectivity index (χ1v) is 10.2. The Bertz CT molecular complexity index is 1440. The first-order valence-electron chi connectivity index (χ1n) is 10.2. The second kappa shape index (κ2) is 9.70. The number of alkyl halides is 2. The van der Waals surface area contributed by atoms with E-state index in [-0.39, 0.29) is 28.1 Å². The summed E-state index contributed by atoms with van der Waals surface area (Å²) in [6.07, 6.45) is 0. The molecule has 0 fully saturated rings. The Morgan fingerprint density at radius 2 is 1.56 bits per heavy atom. The van der Waals surface area contributed by atoms with E-state index in [1.54, 1.807) is 0 Å². The van der Waals surface area contributed by atoms with Gasteiger partial charge in [-0.1, -0.05) is 36.4 Å². The standard InChI is InChI=1S/C24H14F2N2O8/c25-24(26)36-17-8-4-3-7-16(17)27-18(29)11-35-23(32)15-10-9-14-19(20(15)28(33)34)22(31)13-6-2-1-5-12(13)21(14)30/h1-10,24H,11H2,(H,27,29). The molecule has 1 N–H and O–H groups in total. The Balaban J connectivity index is 1.57. The molecule has 10 nitrogen and oxygen atoms in total. The van der Waals surface area contributed by atoms with Gasteiger partial charge in [-0.2, -0.15) is 8.78 Å². The fraction of sp³-hybridized carbons (Fsp3) is 0.0833. The minimum absolute atomic E-state index is 0.0484. The van der Waals surface area contributed by atoms with E-state index in [4.69, 9.17) is 4.74 Å². The number of fused-ring (bicyclic) bond motifs is 2. The number of amides is 1. The van der Waals surface area contributed by atoms with E-state index in [1.165, 1.54) is 48.5 Å². The molecule has 0 saturated heterocycles. The number of nitro benzene ring substituents is 1. The zero-order valence-corrected chi connectivity index (χ0v) is 18.0. The van der Waals surface area contributed by atoms with Gasteiger partial charge in [0.25, 0.3) is 11.6 Å². The number of carbonyl (C=O) groups excluding carboxylic acids is 4. The minimum atomic E-state index is -3.15. The molecule has 0 aliphatic heterocycles. The van der Waals surface area contributed by atoms with E-state index in [2.05, 4.69) is 10.1 Å². The zero-order chi connectivity index (χ0) is 26.0. The highest BCUT2D eigenvalue weighted by molar-refractivity contribution is 6.30. The molecule has 1 aliphatic rings. The van der Waals surface area contributed by atoms with Gasteiger partial charge in [0.2, 0.25) is 5.78 Å². The summed E-state index contributed by atoms with van der Waals surface area (Å²) < 4.78 is 34.2. The summed E-state index contributed by atoms with van der Waals surface area (Å²) in [6.45, 7) is -4.08. The Labute approximate surface area is 200 Å². The van der Waals surface area contributed by atoms with Crippen molar-refractivity contribution in [1.29, 1.82) is 0 Å². The number of rotatable bonds is 7. The van der Waals surface area contributed by atoms with Crippen LogP contribution in [-0.4, -0.2) is 41.6 Å². The number of nitro groups is 1. The first kappa shape index (κ1) is 24.1. The largest absolute Gasteiger partial charge is 0.452 e. The summed E-state index contributed by atoms with van der Waals surface area (Å²) in [5, 5.41) is 14.1. The fourth-order valence-electron chi connectivity index (χ4n) is 3.69. The molecule has 0 saturated carbocycles. The van der Waals surface area contributed by atoms with Crippen LogP contribution < -0.4 is 10.1 Å². The van der Waals surface area contributed by atoms with Crippen LogP contribution in [0.15, 0.2) is 60.7 Å². The predicted octanol–water partition coefficient (Wildman–Crippen LogP) is 3.77. The van der Waals surface area contributed by atoms with E-state index in [1.807, 2.05) is 0 Å². The number of halogens is 2. The number of ketones is 2. The van der Waals surface area contributed by atoms with Gasteiger partial charge in [0, 0.05) is 16.7 Å². The molecule has 12 heteroatoms. The highest BCUT2D eigenvalue weighted by atomic mass is 19.3. The zero-order valence-electron chi connectivity index (χ0n) is 18.0. The smallest absolute Gasteiger partial charge is 0.387 e. The van der Waals surface area contributed by atoms with Crippen LogP contribution in [0.3, 0.4) is 0 Å². The highest BCUT2D eigenvalue weighted by Gasteiger charge is 2.39. The van der Waals surface area contributed by atoms with Gasteiger partial charge in [-0.3, -0.25) is 24.5 Å². The molecule has 182 valence electrons. The molecular formula is C24H14F2N2O8. The SMILES string of the molecule is O=C(COC(=O)c1ccc2c(c1[N+](=O)[O-])C(=O)c1ccccc1C2=O)Nc1ccccc1OC(F)F. The molecule has 3 aromatic rings. The number of nitrogens with zero attached hydrogens (tertiary/aromatic N) is 1. The second-order valence-corrected chi connectivity index (χ2v) is 7.34. The Kier molecular flexibility index (Phi) is 6.50. The van der Waals surface area contributed by atoms with Crippen molar-refractivity contribution in [2.45, 2.75) is 6.61 Å². The summed E-state index contributed by atoms with van der Waals surface area (Å²) in [7, 11) is 0. The van der Waals surface area contributed by atoms with Gasteiger partial charge in [0.1, 0.15) is 16.9 Å². The van der Waals surface area contributed by atoms with Crippen LogP contribution in [0.25, 0.3) is 0 Å². The quantitative estimate of drug-likeness (QED) is 0.232. The third-order valence-corrected chi connectivity index (χ3v) is 5.18. The molecule has 0 unspecified atom stereocenters. The van der Waals surface area contributed by atoms with Gasteiger partial charge in [-0.25, -0.2) is 4.79 Å². The number of ether oxygens (including phenoxy) is 2. The number of hydrogen-bond acceptors (Lipinski definition) is 8. The van der Waals surface area contributed by atoms with Crippen molar-refractivity contribution >= 4 is 34.8 Å². The maximum atomic E-state index is 13.0. The van der Waals surface area contributed by atoms with Crippen molar-refractivity contribution in [3.63, 3.8) is 0 Å². The Morgan fingerprint density at radius 3 is 2.22 bits per heavy atom. The van der Waals surface area contributed by atoms with Gasteiger partial charge < -0.3 is 14.8 Å². The van der Waals surface area contributed by atoms with Crippen LogP contribution in [0.4, 0.5) is 20.2 Å². The van der Waals surface area contributed by atoms with Crippen molar-refractivity contribution in [3.8, 4) is 5.75 Å². The summed E-state index contributed by atoms with van der Waals surface area (Å²) >= 11 is 0. The van der Waals surface area contributed by atoms with Crippen LogP contribution in [-0.2, 0) is 9.53 Å². The average Bonchev–Trinajstić information content (AvgIpc) is 2.85. The summed E-state index contributed by atoms with van der Waals surface area (Å²) in [5.41, 5.74) is -2.47. The van der Waals surface area contributed by atoms with E-state index in [0.29, 0.717) is 0 Å². The second-order valence-electron chi connectivity index (χ2n) is 7.34. The lowest BCUT2D eigenvalue weighted by Crippen LogP contribution is -2.25. The maximum absolute atomic E-state index is 13.0. The van der Waals surface area contributed by atoms with Crippen molar-refractivity contribution in [3.05, 3.63) is 98.6 Å². The monoisotopic (exact) mass is 496 g/mol. The third-order valence-electron chi connectivity index (χ3n) is 5.18. The van der Waals surface area contributed by atoms with Crippen molar-refractivity contribution in [2.24, 2.45) is 0 Å². The fourth-order valence-corrected chi connectivity index (χ4v) is 3.69. The van der Waals surface area contributed by atoms with Gasteiger partial charge in [-0.15, -0.1) is 0 Å². The molecule has 0 atom stereocenters. The molecule has 0 aromatic heterocycles. The normalized spacial score (nSPS) is 12.0. The van der Waals surface area contributed by atoms with Crippen LogP contribution in [0.1, 0.15) is 42.2 Å². The number of hydrogen-bond donors (Lipinski definition) is 1. The summed E-state index contributed by atoms with van der Waals surface area (Å²) in [6, 6.07) is 13.1. The average molecular weight is 496 g/mol. The predicted molar refractivity (Wildman–Crippen MR) is 118 cm³/mol. The molecule has 0 heterocycles. The summed E-state index contributed by atoms with van der Waals surface area (Å²) in [4.78, 5) is 61.5. The number of carbonyl (C=O) groups is 4. The number of para-hydroxylation sites is 2.